The number of aryl methyl sites for hydroxylation is 1. The van der Waals surface area contributed by atoms with Crippen LogP contribution >= 0.6 is 0 Å². The van der Waals surface area contributed by atoms with Crippen LogP contribution in [0.1, 0.15) is 33.3 Å². The van der Waals surface area contributed by atoms with Crippen LogP contribution in [0.4, 0.5) is 0 Å². The number of hydrogen-bond donors (Lipinski definition) is 1. The van der Waals surface area contributed by atoms with Crippen molar-refractivity contribution < 1.29 is 47.3 Å². The molecule has 1 aromatic carbocycles. The van der Waals surface area contributed by atoms with E-state index in [0.29, 0.717) is 11.1 Å². The van der Waals surface area contributed by atoms with E-state index >= 15 is 0 Å². The van der Waals surface area contributed by atoms with Gasteiger partial charge >= 0.3 is 24.0 Å². The molecule has 0 radical (unpaired) electrons. The molecule has 0 aliphatic carbocycles. The van der Waals surface area contributed by atoms with Gasteiger partial charge in [-0.15, -0.1) is 0 Å². The molecule has 5 atom stereocenters. The molecule has 1 N–H and O–H groups in total. The van der Waals surface area contributed by atoms with Gasteiger partial charge in [-0.05, 0) is 24.6 Å². The van der Waals surface area contributed by atoms with Gasteiger partial charge in [0.15, 0.2) is 17.8 Å². The fourth-order valence-corrected chi connectivity index (χ4v) is 3.56. The number of nitrogens with one attached hydrogen (secondary N) is 1. The molecule has 2 heterocycles. The summed E-state index contributed by atoms with van der Waals surface area (Å²) in [6.07, 6.45) is -5.03. The van der Waals surface area contributed by atoms with Gasteiger partial charge in [-0.3, -0.25) is 19.2 Å². The van der Waals surface area contributed by atoms with Crippen LogP contribution in [0, 0.1) is 6.92 Å². The summed E-state index contributed by atoms with van der Waals surface area (Å²) in [5, 5.41) is 2.60. The van der Waals surface area contributed by atoms with E-state index in [1.165, 1.54) is 13.8 Å². The molecule has 0 spiro atoms. The van der Waals surface area contributed by atoms with Crippen LogP contribution < -0.4 is 10.1 Å². The summed E-state index contributed by atoms with van der Waals surface area (Å²) in [4.78, 5) is 51.3. The van der Waals surface area contributed by atoms with Crippen molar-refractivity contribution in [3.63, 3.8) is 0 Å². The Morgan fingerprint density at radius 2 is 1.68 bits per heavy atom. The third-order valence-corrected chi connectivity index (χ3v) is 4.81. The molecule has 1 fully saturated rings. The van der Waals surface area contributed by atoms with E-state index in [-0.39, 0.29) is 12.7 Å². The second-order valence-corrected chi connectivity index (χ2v) is 7.79. The minimum Gasteiger partial charge on any atom is -0.463 e. The van der Waals surface area contributed by atoms with E-state index < -0.39 is 54.5 Å². The number of amides is 1. The maximum atomic E-state index is 12.0. The van der Waals surface area contributed by atoms with Crippen molar-refractivity contribution in [2.45, 2.75) is 65.3 Å². The average Bonchev–Trinajstić information content (AvgIpc) is 3.11. The normalized spacial score (nSPS) is 24.2. The Kier molecular flexibility index (Phi) is 7.72. The van der Waals surface area contributed by atoms with Gasteiger partial charge in [-0.25, -0.2) is 0 Å². The molecule has 12 heteroatoms. The Hall–Kier alpha value is -3.67. The molecule has 0 bridgehead atoms. The van der Waals surface area contributed by atoms with E-state index in [4.69, 9.17) is 28.1 Å². The quantitative estimate of drug-likeness (QED) is 0.451. The highest BCUT2D eigenvalue weighted by molar-refractivity contribution is 5.74. The van der Waals surface area contributed by atoms with Gasteiger partial charge in [0.25, 0.3) is 0 Å². The summed E-state index contributed by atoms with van der Waals surface area (Å²) in [7, 11) is 0. The number of nitrogens with zero attached hydrogens (tertiary/aromatic N) is 1. The fraction of sp³-hybridized carbons (Fsp3) is 0.500. The third kappa shape index (κ3) is 6.22. The second kappa shape index (κ2) is 10.5. The molecule has 1 amide bonds. The van der Waals surface area contributed by atoms with Gasteiger partial charge < -0.3 is 33.4 Å². The highest BCUT2D eigenvalue weighted by Gasteiger charge is 2.52. The van der Waals surface area contributed by atoms with Gasteiger partial charge in [0, 0.05) is 27.7 Å². The molecule has 0 saturated carbocycles. The molecule has 3 rings (SSSR count). The molecule has 34 heavy (non-hydrogen) atoms. The maximum Gasteiger partial charge on any atom is 0.397 e. The van der Waals surface area contributed by atoms with Gasteiger partial charge in [0.1, 0.15) is 24.3 Å². The van der Waals surface area contributed by atoms with Crippen LogP contribution in [0.2, 0.25) is 0 Å². The molecule has 0 unspecified atom stereocenters. The molecule has 1 aromatic heterocycles. The Morgan fingerprint density at radius 1 is 1.00 bits per heavy atom. The lowest BCUT2D eigenvalue weighted by molar-refractivity contribution is -0.259. The molecule has 184 valence electrons. The molecule has 1 aliphatic rings. The average molecular weight is 478 g/mol. The molecular formula is C22H26N2O10. The zero-order valence-electron chi connectivity index (χ0n) is 19.4. The minimum atomic E-state index is -1.31. The van der Waals surface area contributed by atoms with E-state index in [1.54, 1.807) is 12.1 Å². The first-order valence-electron chi connectivity index (χ1n) is 10.5. The summed E-state index contributed by atoms with van der Waals surface area (Å²) in [6, 6.07) is 4.22. The lowest BCUT2D eigenvalue weighted by Crippen LogP contribution is -2.67. The van der Waals surface area contributed by atoms with Crippen molar-refractivity contribution in [2.75, 3.05) is 6.61 Å². The first-order valence-corrected chi connectivity index (χ1v) is 10.5. The summed E-state index contributed by atoms with van der Waals surface area (Å²) < 4.78 is 33.1. The van der Waals surface area contributed by atoms with Gasteiger partial charge in [0.2, 0.25) is 12.2 Å². The van der Waals surface area contributed by atoms with E-state index in [9.17, 15) is 19.2 Å². The second-order valence-electron chi connectivity index (χ2n) is 7.79. The minimum absolute atomic E-state index is 0.167. The van der Waals surface area contributed by atoms with Crippen molar-refractivity contribution in [2.24, 2.45) is 0 Å². The molecule has 2 aromatic rings. The molecule has 1 aliphatic heterocycles. The van der Waals surface area contributed by atoms with Crippen LogP contribution in [0.25, 0.3) is 11.1 Å². The molecule has 1 saturated heterocycles. The van der Waals surface area contributed by atoms with Crippen molar-refractivity contribution in [3.05, 3.63) is 23.8 Å². The number of hydrogen-bond acceptors (Lipinski definition) is 11. The van der Waals surface area contributed by atoms with Crippen molar-refractivity contribution in [3.8, 4) is 6.08 Å². The molecular weight excluding hydrogens is 452 g/mol. The standard InChI is InChI=1S/C22H26N2O10/c1-10-6-7-16-15(8-10)24-22(33-16)34-21-18(23-11(2)25)20(31-14(5)28)19(30-13(4)27)17(32-21)9-29-12(3)26/h6-8,17-21H,9H2,1-5H3,(H,23,25)/t17-,18+,19+,20-,21+/m0/s1. The van der Waals surface area contributed by atoms with Crippen LogP contribution in [-0.4, -0.2) is 66.0 Å². The topological polar surface area (TPSA) is 152 Å². The first kappa shape index (κ1) is 25.0. The number of rotatable bonds is 7. The van der Waals surface area contributed by atoms with Crippen LogP contribution in [-0.2, 0) is 38.1 Å². The first-order chi connectivity index (χ1) is 16.0. The van der Waals surface area contributed by atoms with E-state index in [2.05, 4.69) is 10.3 Å². The lowest BCUT2D eigenvalue weighted by atomic mass is 9.96. The van der Waals surface area contributed by atoms with Gasteiger partial charge in [0.05, 0.1) is 0 Å². The number of carbonyl (C=O) groups excluding carboxylic acids is 4. The summed E-state index contributed by atoms with van der Waals surface area (Å²) in [5.74, 6) is -2.51. The summed E-state index contributed by atoms with van der Waals surface area (Å²) in [6.45, 7) is 6.31. The predicted molar refractivity (Wildman–Crippen MR) is 113 cm³/mol. The fourth-order valence-electron chi connectivity index (χ4n) is 3.56. The largest absolute Gasteiger partial charge is 0.463 e. The SMILES string of the molecule is CC(=O)N[C@H]1[C@@H](Oc2nc3cc(C)ccc3o2)O[C@@H](COC(C)=O)[C@@H](OC(C)=O)[C@H]1OC(C)=O. The zero-order valence-corrected chi connectivity index (χ0v) is 19.4. The zero-order chi connectivity index (χ0) is 25.0. The number of esters is 3. The predicted octanol–water partition coefficient (Wildman–Crippen LogP) is 1.17. The van der Waals surface area contributed by atoms with E-state index in [0.717, 1.165) is 19.4 Å². The number of ether oxygens (including phenoxy) is 5. The number of aromatic nitrogens is 1. The van der Waals surface area contributed by atoms with E-state index in [1.807, 2.05) is 13.0 Å². The smallest absolute Gasteiger partial charge is 0.397 e. The Bertz CT molecular complexity index is 1080. The van der Waals surface area contributed by atoms with Crippen LogP contribution in [0.3, 0.4) is 0 Å². The van der Waals surface area contributed by atoms with Crippen molar-refractivity contribution in [1.29, 1.82) is 0 Å². The number of oxazole rings is 1. The monoisotopic (exact) mass is 478 g/mol. The summed E-state index contributed by atoms with van der Waals surface area (Å²) in [5.41, 5.74) is 1.95. The molecule has 12 nitrogen and oxygen atoms in total. The van der Waals surface area contributed by atoms with Crippen molar-refractivity contribution >= 4 is 34.9 Å². The van der Waals surface area contributed by atoms with Gasteiger partial charge in [-0.2, -0.15) is 4.98 Å². The number of fused-ring (bicyclic) bond motifs is 1. The Balaban J connectivity index is 1.98. The summed E-state index contributed by atoms with van der Waals surface area (Å²) >= 11 is 0. The third-order valence-electron chi connectivity index (χ3n) is 4.81. The highest BCUT2D eigenvalue weighted by atomic mass is 16.7. The lowest BCUT2D eigenvalue weighted by Gasteiger charge is -2.44. The maximum absolute atomic E-state index is 12.0. The Labute approximate surface area is 194 Å². The van der Waals surface area contributed by atoms with Crippen LogP contribution in [0.5, 0.6) is 6.08 Å². The van der Waals surface area contributed by atoms with Gasteiger partial charge in [-0.1, -0.05) is 6.07 Å². The van der Waals surface area contributed by atoms with Crippen molar-refractivity contribution in [1.82, 2.24) is 10.3 Å². The highest BCUT2D eigenvalue weighted by Crippen LogP contribution is 2.30. The number of benzene rings is 1. The Morgan fingerprint density at radius 3 is 2.29 bits per heavy atom. The van der Waals surface area contributed by atoms with Crippen LogP contribution in [0.15, 0.2) is 22.6 Å². The number of carbonyl (C=O) groups is 4.